The minimum absolute atomic E-state index is 0. The molecule has 4 nitrogen and oxygen atoms in total. The summed E-state index contributed by atoms with van der Waals surface area (Å²) in [5.74, 6) is -0.905. The van der Waals surface area contributed by atoms with Crippen molar-refractivity contribution in [1.82, 2.24) is 0 Å². The minimum atomic E-state index is -1.12. The Morgan fingerprint density at radius 3 is 2.47 bits per heavy atom. The fourth-order valence-corrected chi connectivity index (χ4v) is 2.70. The van der Waals surface area contributed by atoms with Crippen LogP contribution in [0.3, 0.4) is 0 Å². The van der Waals surface area contributed by atoms with Crippen molar-refractivity contribution in [3.8, 4) is 5.75 Å². The van der Waals surface area contributed by atoms with Crippen molar-refractivity contribution in [3.05, 3.63) is 29.3 Å². The van der Waals surface area contributed by atoms with Crippen LogP contribution < -0.4 is 5.73 Å². The van der Waals surface area contributed by atoms with Crippen LogP contribution in [-0.2, 0) is 0 Å². The summed E-state index contributed by atoms with van der Waals surface area (Å²) in [6.07, 6.45) is 5.86. The van der Waals surface area contributed by atoms with E-state index >= 15 is 0 Å². The molecule has 0 aliphatic heterocycles. The van der Waals surface area contributed by atoms with Crippen molar-refractivity contribution in [3.63, 3.8) is 0 Å². The van der Waals surface area contributed by atoms with E-state index in [1.54, 1.807) is 6.07 Å². The van der Waals surface area contributed by atoms with Crippen LogP contribution in [0.5, 0.6) is 5.75 Å². The standard InChI is InChI=1S/C14H19NO3.ClH/c15-13(9-4-2-1-3-5-9)10-6-7-12(16)11(8-10)14(17)18;/h6-9,13,16H,1-5,15H2,(H,17,18);1H/t13-;/m0./s1. The molecule has 106 valence electrons. The van der Waals surface area contributed by atoms with E-state index in [1.165, 1.54) is 31.4 Å². The van der Waals surface area contributed by atoms with Crippen molar-refractivity contribution < 1.29 is 15.0 Å². The molecule has 1 fully saturated rings. The lowest BCUT2D eigenvalue weighted by atomic mass is 9.81. The molecule has 1 aliphatic carbocycles. The van der Waals surface area contributed by atoms with Crippen LogP contribution >= 0.6 is 12.4 Å². The van der Waals surface area contributed by atoms with E-state index < -0.39 is 5.97 Å². The largest absolute Gasteiger partial charge is 0.507 e. The predicted octanol–water partition coefficient (Wildman–Crippen LogP) is 3.09. The highest BCUT2D eigenvalue weighted by Gasteiger charge is 2.23. The van der Waals surface area contributed by atoms with Crippen LogP contribution in [0.4, 0.5) is 0 Å². The molecule has 0 amide bonds. The predicted molar refractivity (Wildman–Crippen MR) is 75.8 cm³/mol. The highest BCUT2D eigenvalue weighted by atomic mass is 35.5. The van der Waals surface area contributed by atoms with Crippen molar-refractivity contribution in [2.45, 2.75) is 38.1 Å². The maximum Gasteiger partial charge on any atom is 0.339 e. The van der Waals surface area contributed by atoms with Gasteiger partial charge in [0.05, 0.1) is 0 Å². The molecule has 19 heavy (non-hydrogen) atoms. The van der Waals surface area contributed by atoms with Gasteiger partial charge in [-0.15, -0.1) is 12.4 Å². The number of aromatic hydroxyl groups is 1. The number of hydrogen-bond acceptors (Lipinski definition) is 3. The van der Waals surface area contributed by atoms with Crippen LogP contribution in [0.25, 0.3) is 0 Å². The van der Waals surface area contributed by atoms with Gasteiger partial charge < -0.3 is 15.9 Å². The number of halogens is 1. The van der Waals surface area contributed by atoms with Gasteiger partial charge in [-0.05, 0) is 36.5 Å². The number of aromatic carboxylic acids is 1. The summed E-state index contributed by atoms with van der Waals surface area (Å²) in [6, 6.07) is 4.50. The summed E-state index contributed by atoms with van der Waals surface area (Å²) in [7, 11) is 0. The zero-order valence-electron chi connectivity index (χ0n) is 10.7. The van der Waals surface area contributed by atoms with Crippen molar-refractivity contribution in [2.24, 2.45) is 11.7 Å². The first-order chi connectivity index (χ1) is 8.59. The second kappa shape index (κ2) is 6.78. The van der Waals surface area contributed by atoms with E-state index in [0.717, 1.165) is 18.4 Å². The van der Waals surface area contributed by atoms with Gasteiger partial charge in [-0.25, -0.2) is 4.79 Å². The Balaban J connectivity index is 0.00000180. The Morgan fingerprint density at radius 2 is 1.89 bits per heavy atom. The summed E-state index contributed by atoms with van der Waals surface area (Å²) in [4.78, 5) is 11.0. The molecule has 1 aromatic carbocycles. The van der Waals surface area contributed by atoms with E-state index in [-0.39, 0.29) is 29.8 Å². The lowest BCUT2D eigenvalue weighted by Crippen LogP contribution is -2.23. The molecule has 1 atom stereocenters. The third-order valence-electron chi connectivity index (χ3n) is 3.79. The first-order valence-corrected chi connectivity index (χ1v) is 6.41. The first-order valence-electron chi connectivity index (χ1n) is 6.41. The van der Waals surface area contributed by atoms with Crippen molar-refractivity contribution in [2.75, 3.05) is 0 Å². The zero-order chi connectivity index (χ0) is 13.1. The van der Waals surface area contributed by atoms with Gasteiger partial charge in [-0.2, -0.15) is 0 Å². The molecule has 1 aromatic rings. The normalized spacial score (nSPS) is 17.5. The monoisotopic (exact) mass is 285 g/mol. The molecule has 0 unspecified atom stereocenters. The minimum Gasteiger partial charge on any atom is -0.507 e. The van der Waals surface area contributed by atoms with Gasteiger partial charge in [0.2, 0.25) is 0 Å². The topological polar surface area (TPSA) is 83.5 Å². The Hall–Kier alpha value is -1.26. The molecule has 1 saturated carbocycles. The molecule has 0 saturated heterocycles. The van der Waals surface area contributed by atoms with Crippen LogP contribution in [0.2, 0.25) is 0 Å². The lowest BCUT2D eigenvalue weighted by molar-refractivity contribution is 0.0693. The molecule has 1 aliphatic rings. The third-order valence-corrected chi connectivity index (χ3v) is 3.79. The Morgan fingerprint density at radius 1 is 1.26 bits per heavy atom. The van der Waals surface area contributed by atoms with E-state index in [9.17, 15) is 9.90 Å². The molecule has 2 rings (SSSR count). The van der Waals surface area contributed by atoms with Gasteiger partial charge in [0.25, 0.3) is 0 Å². The summed E-state index contributed by atoms with van der Waals surface area (Å²) in [5, 5.41) is 18.5. The van der Waals surface area contributed by atoms with E-state index in [1.807, 2.05) is 0 Å². The van der Waals surface area contributed by atoms with Gasteiger partial charge in [0, 0.05) is 6.04 Å². The first kappa shape index (κ1) is 15.8. The summed E-state index contributed by atoms with van der Waals surface area (Å²) >= 11 is 0. The van der Waals surface area contributed by atoms with Crippen molar-refractivity contribution in [1.29, 1.82) is 0 Å². The number of phenols is 1. The average Bonchev–Trinajstić information content (AvgIpc) is 2.39. The van der Waals surface area contributed by atoms with Gasteiger partial charge in [0.15, 0.2) is 0 Å². The number of carbonyl (C=O) groups is 1. The molecule has 0 spiro atoms. The van der Waals surface area contributed by atoms with Crippen LogP contribution in [-0.4, -0.2) is 16.2 Å². The number of nitrogens with two attached hydrogens (primary N) is 1. The fraction of sp³-hybridized carbons (Fsp3) is 0.500. The number of hydrogen-bond donors (Lipinski definition) is 3. The summed E-state index contributed by atoms with van der Waals surface area (Å²) in [5.41, 5.74) is 6.95. The quantitative estimate of drug-likeness (QED) is 0.797. The maximum absolute atomic E-state index is 11.0. The van der Waals surface area contributed by atoms with E-state index in [2.05, 4.69) is 0 Å². The Kier molecular flexibility index (Phi) is 5.63. The molecule has 0 bridgehead atoms. The molecule has 0 radical (unpaired) electrons. The number of carboxylic acid groups (broad SMARTS) is 1. The highest BCUT2D eigenvalue weighted by Crippen LogP contribution is 2.34. The third kappa shape index (κ3) is 3.61. The summed E-state index contributed by atoms with van der Waals surface area (Å²) in [6.45, 7) is 0. The fourth-order valence-electron chi connectivity index (χ4n) is 2.70. The smallest absolute Gasteiger partial charge is 0.339 e. The molecular weight excluding hydrogens is 266 g/mol. The van der Waals surface area contributed by atoms with Crippen LogP contribution in [0.1, 0.15) is 54.1 Å². The Labute approximate surface area is 119 Å². The number of carboxylic acids is 1. The summed E-state index contributed by atoms with van der Waals surface area (Å²) < 4.78 is 0. The number of rotatable bonds is 3. The second-order valence-electron chi connectivity index (χ2n) is 5.01. The van der Waals surface area contributed by atoms with Crippen LogP contribution in [0, 0.1) is 5.92 Å². The SMILES string of the molecule is Cl.N[C@H](c1ccc(O)c(C(=O)O)c1)C1CCCCC1. The molecule has 4 N–H and O–H groups in total. The maximum atomic E-state index is 11.0. The van der Waals surface area contributed by atoms with Gasteiger partial charge in [-0.3, -0.25) is 0 Å². The van der Waals surface area contributed by atoms with E-state index in [0.29, 0.717) is 5.92 Å². The highest BCUT2D eigenvalue weighted by molar-refractivity contribution is 5.90. The van der Waals surface area contributed by atoms with Gasteiger partial charge >= 0.3 is 5.97 Å². The van der Waals surface area contributed by atoms with Gasteiger partial charge in [-0.1, -0.05) is 25.3 Å². The molecule has 0 heterocycles. The lowest BCUT2D eigenvalue weighted by Gasteiger charge is -2.28. The Bertz CT molecular complexity index is 444. The molecular formula is C14H20ClNO3. The molecule has 5 heteroatoms. The zero-order valence-corrected chi connectivity index (χ0v) is 11.5. The van der Waals surface area contributed by atoms with Crippen molar-refractivity contribution >= 4 is 18.4 Å². The van der Waals surface area contributed by atoms with Gasteiger partial charge in [0.1, 0.15) is 11.3 Å². The molecule has 0 aromatic heterocycles. The number of benzene rings is 1. The van der Waals surface area contributed by atoms with Crippen LogP contribution in [0.15, 0.2) is 18.2 Å². The van der Waals surface area contributed by atoms with E-state index in [4.69, 9.17) is 10.8 Å². The second-order valence-corrected chi connectivity index (χ2v) is 5.01. The average molecular weight is 286 g/mol.